The van der Waals surface area contributed by atoms with Gasteiger partial charge in [-0.3, -0.25) is 19.8 Å². The van der Waals surface area contributed by atoms with Crippen LogP contribution < -0.4 is 26.6 Å². The summed E-state index contributed by atoms with van der Waals surface area (Å²) in [5.74, 6) is -1.04. The van der Waals surface area contributed by atoms with Gasteiger partial charge in [-0.2, -0.15) is 25.1 Å². The van der Waals surface area contributed by atoms with Gasteiger partial charge in [-0.05, 0) is 97.0 Å². The molecule has 12 nitrogen and oxygen atoms in total. The van der Waals surface area contributed by atoms with Crippen LogP contribution in [0.5, 0.6) is 0 Å². The van der Waals surface area contributed by atoms with Crippen LogP contribution in [0.15, 0.2) is 82.7 Å². The molecule has 0 spiro atoms. The lowest BCUT2D eigenvalue weighted by Crippen LogP contribution is -2.39. The van der Waals surface area contributed by atoms with Gasteiger partial charge in [0.1, 0.15) is 33.8 Å². The van der Waals surface area contributed by atoms with Crippen LogP contribution in [0.3, 0.4) is 0 Å². The predicted molar refractivity (Wildman–Crippen MR) is 217 cm³/mol. The van der Waals surface area contributed by atoms with E-state index in [0.29, 0.717) is 63.2 Å². The van der Waals surface area contributed by atoms with Gasteiger partial charge in [0.2, 0.25) is 0 Å². The molecule has 6 heterocycles. The molecule has 0 unspecified atom stereocenters. The molecule has 292 valence electrons. The quantitative estimate of drug-likeness (QED) is 0.218. The second-order valence-electron chi connectivity index (χ2n) is 15.3. The molecule has 0 saturated carbocycles. The van der Waals surface area contributed by atoms with Crippen molar-refractivity contribution in [3.05, 3.63) is 139 Å². The van der Waals surface area contributed by atoms with Crippen molar-refractivity contribution in [2.75, 3.05) is 37.8 Å². The van der Waals surface area contributed by atoms with Crippen LogP contribution in [0.25, 0.3) is 51.0 Å². The Kier molecular flexibility index (Phi) is 8.84. The average molecular weight is 779 g/mol. The molecule has 3 N–H and O–H groups in total. The number of aromatic nitrogens is 6. The molecule has 3 aromatic heterocycles. The first-order valence-electron chi connectivity index (χ1n) is 19.5. The minimum absolute atomic E-state index is 0.0238. The van der Waals surface area contributed by atoms with E-state index < -0.39 is 11.4 Å². The normalized spacial score (nSPS) is 15.2. The van der Waals surface area contributed by atoms with Gasteiger partial charge in [0.15, 0.2) is 5.82 Å². The third-order valence-corrected chi connectivity index (χ3v) is 11.5. The van der Waals surface area contributed by atoms with Crippen LogP contribution in [0.1, 0.15) is 33.4 Å². The Bertz CT molecular complexity index is 2940. The second kappa shape index (κ2) is 14.2. The monoisotopic (exact) mass is 778 g/mol. The Morgan fingerprint density at radius 1 is 0.810 bits per heavy atom. The molecule has 3 aliphatic heterocycles. The van der Waals surface area contributed by atoms with E-state index in [9.17, 15) is 9.90 Å². The number of rotatable bonds is 7. The molecule has 7 aromatic rings. The maximum Gasteiger partial charge on any atom is 0.273 e. The molecule has 0 radical (unpaired) electrons. The largest absolute Gasteiger partial charge is 0.395 e. The van der Waals surface area contributed by atoms with E-state index >= 15 is 8.78 Å². The van der Waals surface area contributed by atoms with Gasteiger partial charge in [-0.15, -0.1) is 0 Å². The van der Waals surface area contributed by atoms with E-state index in [1.807, 2.05) is 31.2 Å². The van der Waals surface area contributed by atoms with Crippen molar-refractivity contribution in [3.8, 4) is 33.9 Å². The first-order chi connectivity index (χ1) is 28.2. The summed E-state index contributed by atoms with van der Waals surface area (Å²) in [6.07, 6.45) is 3.73. The molecule has 4 aromatic carbocycles. The van der Waals surface area contributed by atoms with E-state index in [2.05, 4.69) is 44.7 Å². The molecular formula is C44H40F2N10O2. The Morgan fingerprint density at radius 3 is 2.43 bits per heavy atom. The van der Waals surface area contributed by atoms with E-state index in [0.717, 1.165) is 59.4 Å². The Hall–Kier alpha value is -6.35. The highest BCUT2D eigenvalue weighted by molar-refractivity contribution is 5.89. The van der Waals surface area contributed by atoms with Crippen LogP contribution >= 0.6 is 0 Å². The first kappa shape index (κ1) is 36.0. The zero-order valence-corrected chi connectivity index (χ0v) is 32.1. The molecular weight excluding hydrogens is 739 g/mol. The Balaban J connectivity index is 1.09. The maximum atomic E-state index is 16.6. The molecule has 58 heavy (non-hydrogen) atoms. The summed E-state index contributed by atoms with van der Waals surface area (Å²) in [6, 6.07) is 21.9. The number of H-pyrrole nitrogens is 1. The average Bonchev–Trinajstić information content (AvgIpc) is 3.81. The zero-order valence-electron chi connectivity index (χ0n) is 32.1. The SMILES string of the molecule is Cc1cccc(F)c1N1CC=c2c(c(-c3ccc4c(c3)CN(CCO)CC4)nn2-c2cc(C)c(-n3nc4c(-c5ccc6c(c5)CNCC6)n[nH]c4cc3=O)c(F)c2)=N1. The van der Waals surface area contributed by atoms with Gasteiger partial charge >= 0.3 is 0 Å². The number of halogens is 2. The second-order valence-corrected chi connectivity index (χ2v) is 15.3. The highest BCUT2D eigenvalue weighted by atomic mass is 19.1. The van der Waals surface area contributed by atoms with Crippen molar-refractivity contribution in [3.63, 3.8) is 0 Å². The number of benzene rings is 4. The number of aliphatic hydroxyl groups excluding tert-OH is 1. The standard InChI is InChI=1S/C44H40F2N10O2/c1-25-4-3-5-34(45)43(25)54-15-12-37-42(50-54)40(30-9-7-28-11-14-53(16-17-57)24-32(28)20-30)51-55(37)33-18-26(2)44(35(46)21-33)56-38(58)22-36-41(52-56)39(49-48-36)29-8-6-27-10-13-47-23-31(27)19-29/h3-9,12,18-22,47-48,57H,10-11,13-17,23-24H2,1-2H3. The van der Waals surface area contributed by atoms with E-state index in [4.69, 9.17) is 15.3 Å². The van der Waals surface area contributed by atoms with Crippen molar-refractivity contribution in [1.29, 1.82) is 0 Å². The maximum absolute atomic E-state index is 16.6. The summed E-state index contributed by atoms with van der Waals surface area (Å²) in [7, 11) is 0. The number of hydrogen-bond acceptors (Lipinski definition) is 9. The lowest BCUT2D eigenvalue weighted by Gasteiger charge is -2.28. The van der Waals surface area contributed by atoms with Crippen molar-refractivity contribution in [2.24, 2.45) is 5.10 Å². The fourth-order valence-corrected chi connectivity index (χ4v) is 8.60. The minimum atomic E-state index is -0.659. The molecule has 0 atom stereocenters. The molecule has 3 aliphatic rings. The topological polar surface area (TPSA) is 132 Å². The van der Waals surface area contributed by atoms with Crippen molar-refractivity contribution >= 4 is 22.8 Å². The smallest absolute Gasteiger partial charge is 0.273 e. The predicted octanol–water partition coefficient (Wildman–Crippen LogP) is 4.35. The molecule has 0 aliphatic carbocycles. The molecule has 0 saturated heterocycles. The number of fused-ring (bicyclic) bond motifs is 4. The van der Waals surface area contributed by atoms with E-state index in [1.165, 1.54) is 34.9 Å². The number of nitrogens with one attached hydrogen (secondary N) is 2. The number of nitrogens with zero attached hydrogens (tertiary/aromatic N) is 8. The van der Waals surface area contributed by atoms with Crippen LogP contribution in [-0.4, -0.2) is 72.6 Å². The van der Waals surface area contributed by atoms with Gasteiger partial charge in [0.05, 0.1) is 35.4 Å². The fourth-order valence-electron chi connectivity index (χ4n) is 8.60. The number of aryl methyl sites for hydroxylation is 2. The van der Waals surface area contributed by atoms with Gasteiger partial charge in [0.25, 0.3) is 5.56 Å². The van der Waals surface area contributed by atoms with Crippen LogP contribution in [0.4, 0.5) is 14.5 Å². The zero-order chi connectivity index (χ0) is 39.7. The highest BCUT2D eigenvalue weighted by Crippen LogP contribution is 2.30. The number of aliphatic hydroxyl groups is 1. The summed E-state index contributed by atoms with van der Waals surface area (Å²) in [5, 5.41) is 38.0. The van der Waals surface area contributed by atoms with Crippen molar-refractivity contribution in [1.82, 2.24) is 40.0 Å². The summed E-state index contributed by atoms with van der Waals surface area (Å²) >= 11 is 0. The van der Waals surface area contributed by atoms with E-state index in [1.54, 1.807) is 28.7 Å². The van der Waals surface area contributed by atoms with Gasteiger partial charge < -0.3 is 10.4 Å². The lowest BCUT2D eigenvalue weighted by molar-refractivity contribution is 0.184. The van der Waals surface area contributed by atoms with E-state index in [-0.39, 0.29) is 24.7 Å². The first-order valence-corrected chi connectivity index (χ1v) is 19.5. The fraction of sp³-hybridized carbons (Fsp3) is 0.250. The van der Waals surface area contributed by atoms with Crippen LogP contribution in [-0.2, 0) is 25.9 Å². The van der Waals surface area contributed by atoms with Gasteiger partial charge in [-0.25, -0.2) is 13.5 Å². The third kappa shape index (κ3) is 6.11. The molecule has 10 rings (SSSR count). The summed E-state index contributed by atoms with van der Waals surface area (Å²) in [6.45, 7) is 7.75. The van der Waals surface area contributed by atoms with Crippen LogP contribution in [0.2, 0.25) is 0 Å². The van der Waals surface area contributed by atoms with Crippen molar-refractivity contribution in [2.45, 2.75) is 39.8 Å². The summed E-state index contributed by atoms with van der Waals surface area (Å²) in [5.41, 5.74) is 10.1. The number of hydrogen-bond donors (Lipinski definition) is 3. The van der Waals surface area contributed by atoms with Crippen molar-refractivity contribution < 1.29 is 13.9 Å². The van der Waals surface area contributed by atoms with Crippen LogP contribution in [0, 0.1) is 25.5 Å². The number of anilines is 1. The summed E-state index contributed by atoms with van der Waals surface area (Å²) < 4.78 is 34.7. The Labute approximate surface area is 331 Å². The third-order valence-electron chi connectivity index (χ3n) is 11.5. The Morgan fingerprint density at radius 2 is 1.62 bits per heavy atom. The van der Waals surface area contributed by atoms with Gasteiger partial charge in [0, 0.05) is 49.4 Å². The number of β-amino-alcohol motifs (C(OH)–C–C–N with tert-alkyl or cyclic N) is 1. The summed E-state index contributed by atoms with van der Waals surface area (Å²) in [4.78, 5) is 15.7. The molecule has 0 fully saturated rings. The molecule has 0 amide bonds. The van der Waals surface area contributed by atoms with Gasteiger partial charge in [-0.1, -0.05) is 36.4 Å². The minimum Gasteiger partial charge on any atom is -0.395 e. The number of aromatic amines is 1. The highest BCUT2D eigenvalue weighted by Gasteiger charge is 2.25. The molecule has 14 heteroatoms. The molecule has 0 bridgehead atoms. The lowest BCUT2D eigenvalue weighted by atomic mass is 9.96. The number of para-hydroxylation sites is 1.